The van der Waals surface area contributed by atoms with Crippen LogP contribution < -0.4 is 5.32 Å². The van der Waals surface area contributed by atoms with E-state index in [1.54, 1.807) is 11.3 Å². The second-order valence-corrected chi connectivity index (χ2v) is 7.46. The van der Waals surface area contributed by atoms with E-state index in [-0.39, 0.29) is 5.91 Å². The molecule has 0 fully saturated rings. The van der Waals surface area contributed by atoms with Crippen LogP contribution in [-0.4, -0.2) is 10.5 Å². The second-order valence-electron chi connectivity index (χ2n) is 5.55. The lowest BCUT2D eigenvalue weighted by molar-refractivity contribution is 0.0955. The van der Waals surface area contributed by atoms with Crippen LogP contribution >= 0.6 is 22.7 Å². The standard InChI is InChI=1S/C20H16N2OS2/c23-20(21-13-16-9-6-12-24-16)19-18(22-10-4-5-11-22)17(14-25-19)15-7-2-1-3-8-15/h1-12,14H,13H2,(H,21,23). The molecular formula is C20H16N2OS2. The summed E-state index contributed by atoms with van der Waals surface area (Å²) in [6.07, 6.45) is 3.95. The van der Waals surface area contributed by atoms with Crippen molar-refractivity contribution in [1.82, 2.24) is 9.88 Å². The molecule has 0 saturated carbocycles. The van der Waals surface area contributed by atoms with E-state index in [4.69, 9.17) is 0 Å². The van der Waals surface area contributed by atoms with Gasteiger partial charge in [-0.25, -0.2) is 0 Å². The molecule has 0 aliphatic rings. The Balaban J connectivity index is 1.70. The predicted molar refractivity (Wildman–Crippen MR) is 105 cm³/mol. The molecule has 1 amide bonds. The van der Waals surface area contributed by atoms with Crippen LogP contribution in [-0.2, 0) is 6.54 Å². The first-order valence-corrected chi connectivity index (χ1v) is 9.69. The Hall–Kier alpha value is -2.63. The number of carbonyl (C=O) groups excluding carboxylic acids is 1. The maximum atomic E-state index is 12.8. The Morgan fingerprint density at radius 2 is 1.76 bits per heavy atom. The lowest BCUT2D eigenvalue weighted by atomic mass is 10.1. The molecule has 25 heavy (non-hydrogen) atoms. The zero-order chi connectivity index (χ0) is 17.1. The lowest BCUT2D eigenvalue weighted by Gasteiger charge is -2.10. The van der Waals surface area contributed by atoms with Gasteiger partial charge in [-0.1, -0.05) is 36.4 Å². The molecule has 0 saturated heterocycles. The Labute approximate surface area is 154 Å². The lowest BCUT2D eigenvalue weighted by Crippen LogP contribution is -2.22. The van der Waals surface area contributed by atoms with Crippen LogP contribution in [0.2, 0.25) is 0 Å². The van der Waals surface area contributed by atoms with Crippen LogP contribution in [0, 0.1) is 0 Å². The van der Waals surface area contributed by atoms with Crippen LogP contribution in [0.15, 0.2) is 77.8 Å². The molecule has 4 rings (SSSR count). The van der Waals surface area contributed by atoms with Gasteiger partial charge >= 0.3 is 0 Å². The number of rotatable bonds is 5. The summed E-state index contributed by atoms with van der Waals surface area (Å²) in [5.74, 6) is -0.0377. The maximum absolute atomic E-state index is 12.8. The fraction of sp³-hybridized carbons (Fsp3) is 0.0500. The van der Waals surface area contributed by atoms with E-state index in [1.165, 1.54) is 11.3 Å². The summed E-state index contributed by atoms with van der Waals surface area (Å²) in [4.78, 5) is 14.7. The van der Waals surface area contributed by atoms with Crippen molar-refractivity contribution in [3.05, 3.63) is 87.5 Å². The maximum Gasteiger partial charge on any atom is 0.263 e. The highest BCUT2D eigenvalue weighted by molar-refractivity contribution is 7.13. The molecule has 0 atom stereocenters. The summed E-state index contributed by atoms with van der Waals surface area (Å²) >= 11 is 3.13. The average Bonchev–Trinajstić information content (AvgIpc) is 3.41. The Morgan fingerprint density at radius 3 is 2.48 bits per heavy atom. The van der Waals surface area contributed by atoms with E-state index >= 15 is 0 Å². The van der Waals surface area contributed by atoms with Crippen molar-refractivity contribution >= 4 is 28.6 Å². The molecule has 0 aliphatic heterocycles. The highest BCUT2D eigenvalue weighted by Crippen LogP contribution is 2.35. The Kier molecular flexibility index (Phi) is 4.50. The third-order valence-electron chi connectivity index (χ3n) is 3.92. The first-order chi connectivity index (χ1) is 12.3. The summed E-state index contributed by atoms with van der Waals surface area (Å²) in [6.45, 7) is 0.556. The molecule has 3 aromatic heterocycles. The average molecular weight is 364 g/mol. The molecule has 4 aromatic rings. The number of amides is 1. The Bertz CT molecular complexity index is 955. The molecule has 0 spiro atoms. The van der Waals surface area contributed by atoms with Crippen LogP contribution in [0.5, 0.6) is 0 Å². The van der Waals surface area contributed by atoms with E-state index in [1.807, 2.05) is 64.8 Å². The van der Waals surface area contributed by atoms with Crippen LogP contribution in [0.1, 0.15) is 14.5 Å². The zero-order valence-electron chi connectivity index (χ0n) is 13.4. The summed E-state index contributed by atoms with van der Waals surface area (Å²) in [5, 5.41) is 7.12. The normalized spacial score (nSPS) is 10.7. The van der Waals surface area contributed by atoms with Crippen LogP contribution in [0.4, 0.5) is 0 Å². The van der Waals surface area contributed by atoms with E-state index in [2.05, 4.69) is 22.8 Å². The molecule has 0 unspecified atom stereocenters. The molecule has 124 valence electrons. The Morgan fingerprint density at radius 1 is 0.960 bits per heavy atom. The topological polar surface area (TPSA) is 34.0 Å². The first-order valence-electron chi connectivity index (χ1n) is 7.94. The highest BCUT2D eigenvalue weighted by Gasteiger charge is 2.20. The minimum atomic E-state index is -0.0377. The van der Waals surface area contributed by atoms with Gasteiger partial charge in [0, 0.05) is 28.2 Å². The van der Waals surface area contributed by atoms with Crippen molar-refractivity contribution in [2.75, 3.05) is 0 Å². The molecular weight excluding hydrogens is 348 g/mol. The number of thiophene rings is 2. The van der Waals surface area contributed by atoms with Crippen molar-refractivity contribution in [2.24, 2.45) is 0 Å². The predicted octanol–water partition coefficient (Wildman–Crippen LogP) is 5.20. The van der Waals surface area contributed by atoms with Gasteiger partial charge in [-0.3, -0.25) is 4.79 Å². The molecule has 0 bridgehead atoms. The molecule has 0 aliphatic carbocycles. The third kappa shape index (κ3) is 3.29. The number of benzene rings is 1. The number of carbonyl (C=O) groups is 1. The fourth-order valence-electron chi connectivity index (χ4n) is 2.74. The van der Waals surface area contributed by atoms with Crippen LogP contribution in [0.3, 0.4) is 0 Å². The largest absolute Gasteiger partial charge is 0.346 e. The summed E-state index contributed by atoms with van der Waals surface area (Å²) in [6, 6.07) is 18.1. The van der Waals surface area contributed by atoms with Gasteiger partial charge in [0.05, 0.1) is 12.2 Å². The fourth-order valence-corrected chi connectivity index (χ4v) is 4.37. The van der Waals surface area contributed by atoms with Gasteiger partial charge in [-0.2, -0.15) is 0 Å². The number of hydrogen-bond donors (Lipinski definition) is 1. The van der Waals surface area contributed by atoms with E-state index < -0.39 is 0 Å². The first kappa shape index (κ1) is 15.9. The molecule has 5 heteroatoms. The van der Waals surface area contributed by atoms with Gasteiger partial charge in [0.15, 0.2) is 0 Å². The van der Waals surface area contributed by atoms with Gasteiger partial charge in [0.25, 0.3) is 5.91 Å². The van der Waals surface area contributed by atoms with Crippen molar-refractivity contribution in [3.8, 4) is 16.8 Å². The van der Waals surface area contributed by atoms with Gasteiger partial charge < -0.3 is 9.88 Å². The molecule has 0 radical (unpaired) electrons. The number of nitrogens with one attached hydrogen (secondary N) is 1. The highest BCUT2D eigenvalue weighted by atomic mass is 32.1. The molecule has 1 aromatic carbocycles. The van der Waals surface area contributed by atoms with E-state index in [9.17, 15) is 4.79 Å². The summed E-state index contributed by atoms with van der Waals surface area (Å²) in [7, 11) is 0. The smallest absolute Gasteiger partial charge is 0.263 e. The molecule has 3 heterocycles. The van der Waals surface area contributed by atoms with E-state index in [0.29, 0.717) is 6.54 Å². The van der Waals surface area contributed by atoms with Gasteiger partial charge in [-0.15, -0.1) is 22.7 Å². The van der Waals surface area contributed by atoms with Gasteiger partial charge in [-0.05, 0) is 29.1 Å². The zero-order valence-corrected chi connectivity index (χ0v) is 15.0. The third-order valence-corrected chi connectivity index (χ3v) is 5.77. The number of nitrogens with zero attached hydrogens (tertiary/aromatic N) is 1. The summed E-state index contributed by atoms with van der Waals surface area (Å²) < 4.78 is 2.01. The van der Waals surface area contributed by atoms with Crippen molar-refractivity contribution < 1.29 is 4.79 Å². The molecule has 3 nitrogen and oxygen atoms in total. The van der Waals surface area contributed by atoms with Gasteiger partial charge in [0.1, 0.15) is 4.88 Å². The van der Waals surface area contributed by atoms with Crippen molar-refractivity contribution in [3.63, 3.8) is 0 Å². The number of aromatic nitrogens is 1. The second kappa shape index (κ2) is 7.09. The van der Waals surface area contributed by atoms with Crippen molar-refractivity contribution in [1.29, 1.82) is 0 Å². The minimum absolute atomic E-state index is 0.0377. The number of hydrogen-bond acceptors (Lipinski definition) is 3. The van der Waals surface area contributed by atoms with Crippen molar-refractivity contribution in [2.45, 2.75) is 6.54 Å². The molecule has 1 N–H and O–H groups in total. The minimum Gasteiger partial charge on any atom is -0.346 e. The monoisotopic (exact) mass is 364 g/mol. The quantitative estimate of drug-likeness (QED) is 0.519. The summed E-state index contributed by atoms with van der Waals surface area (Å²) in [5.41, 5.74) is 3.12. The van der Waals surface area contributed by atoms with Gasteiger partial charge in [0.2, 0.25) is 0 Å². The van der Waals surface area contributed by atoms with E-state index in [0.717, 1.165) is 26.6 Å². The van der Waals surface area contributed by atoms with Crippen LogP contribution in [0.25, 0.3) is 16.8 Å². The SMILES string of the molecule is O=C(NCc1cccs1)c1scc(-c2ccccc2)c1-n1cccc1.